The lowest BCUT2D eigenvalue weighted by Gasteiger charge is -2.24. The standard InChI is InChI=1S/C12H11BrN2O/c1-7-6-14-12(16)10-5-8-3-2-4-9(13)11(8)15(7)10/h2-5,7H,6H2,1H3,(H,14,16)/t7-/m1/s1. The van der Waals surface area contributed by atoms with E-state index in [2.05, 4.69) is 32.7 Å². The maximum Gasteiger partial charge on any atom is 0.268 e. The lowest BCUT2D eigenvalue weighted by atomic mass is 10.2. The van der Waals surface area contributed by atoms with Crippen LogP contribution < -0.4 is 5.32 Å². The van der Waals surface area contributed by atoms with Gasteiger partial charge in [-0.2, -0.15) is 0 Å². The van der Waals surface area contributed by atoms with Crippen LogP contribution in [0.2, 0.25) is 0 Å². The topological polar surface area (TPSA) is 34.0 Å². The lowest BCUT2D eigenvalue weighted by Crippen LogP contribution is -2.37. The molecule has 2 aromatic rings. The number of carbonyl (C=O) groups excluding carboxylic acids is 1. The summed E-state index contributed by atoms with van der Waals surface area (Å²) in [6.45, 7) is 2.80. The summed E-state index contributed by atoms with van der Waals surface area (Å²) in [5.41, 5.74) is 1.86. The molecule has 3 nitrogen and oxygen atoms in total. The molecule has 4 heteroatoms. The van der Waals surface area contributed by atoms with Crippen molar-refractivity contribution in [2.24, 2.45) is 0 Å². The molecule has 2 heterocycles. The number of para-hydroxylation sites is 1. The molecule has 1 aliphatic rings. The fraction of sp³-hybridized carbons (Fsp3) is 0.250. The van der Waals surface area contributed by atoms with Crippen LogP contribution in [0, 0.1) is 0 Å². The van der Waals surface area contributed by atoms with E-state index in [-0.39, 0.29) is 5.91 Å². The molecule has 1 amide bonds. The average Bonchev–Trinajstić information content (AvgIpc) is 2.65. The van der Waals surface area contributed by atoms with E-state index < -0.39 is 0 Å². The van der Waals surface area contributed by atoms with Gasteiger partial charge in [-0.3, -0.25) is 4.79 Å². The van der Waals surface area contributed by atoms with E-state index in [4.69, 9.17) is 0 Å². The number of nitrogens with zero attached hydrogens (tertiary/aromatic N) is 1. The van der Waals surface area contributed by atoms with Crippen molar-refractivity contribution in [3.8, 4) is 0 Å². The van der Waals surface area contributed by atoms with E-state index >= 15 is 0 Å². The Morgan fingerprint density at radius 3 is 3.12 bits per heavy atom. The molecule has 1 atom stereocenters. The molecule has 1 N–H and O–H groups in total. The number of fused-ring (bicyclic) bond motifs is 3. The third-order valence-corrected chi connectivity index (χ3v) is 3.68. The molecule has 3 rings (SSSR count). The first-order valence-corrected chi connectivity index (χ1v) is 6.05. The number of amides is 1. The third-order valence-electron chi connectivity index (χ3n) is 3.04. The van der Waals surface area contributed by atoms with Gasteiger partial charge in [-0.25, -0.2) is 0 Å². The molecule has 1 aliphatic heterocycles. The normalized spacial score (nSPS) is 19.6. The van der Waals surface area contributed by atoms with Gasteiger partial charge < -0.3 is 9.88 Å². The molecule has 0 saturated heterocycles. The smallest absolute Gasteiger partial charge is 0.268 e. The van der Waals surface area contributed by atoms with Crippen LogP contribution in [0.5, 0.6) is 0 Å². The highest BCUT2D eigenvalue weighted by Crippen LogP contribution is 2.31. The Morgan fingerprint density at radius 1 is 1.50 bits per heavy atom. The van der Waals surface area contributed by atoms with Crippen LogP contribution in [0.15, 0.2) is 28.7 Å². The van der Waals surface area contributed by atoms with E-state index in [0.29, 0.717) is 12.6 Å². The summed E-state index contributed by atoms with van der Waals surface area (Å²) < 4.78 is 3.15. The van der Waals surface area contributed by atoms with Gasteiger partial charge in [0.2, 0.25) is 0 Å². The fourth-order valence-corrected chi connectivity index (χ4v) is 2.87. The second-order valence-electron chi connectivity index (χ2n) is 4.14. The van der Waals surface area contributed by atoms with E-state index in [1.807, 2.05) is 24.3 Å². The number of aromatic nitrogens is 1. The summed E-state index contributed by atoms with van der Waals surface area (Å²) in [6.07, 6.45) is 0. The maximum atomic E-state index is 11.8. The van der Waals surface area contributed by atoms with Gasteiger partial charge in [0.15, 0.2) is 0 Å². The SMILES string of the molecule is C[C@@H]1CNC(=O)c2cc3cccc(Br)c3n21. The molecule has 0 bridgehead atoms. The first-order valence-electron chi connectivity index (χ1n) is 5.26. The van der Waals surface area contributed by atoms with Gasteiger partial charge in [-0.1, -0.05) is 12.1 Å². The Morgan fingerprint density at radius 2 is 2.31 bits per heavy atom. The van der Waals surface area contributed by atoms with E-state index in [1.54, 1.807) is 0 Å². The summed E-state index contributed by atoms with van der Waals surface area (Å²) in [5.74, 6) is 0.0150. The van der Waals surface area contributed by atoms with Crippen molar-refractivity contribution >= 4 is 32.7 Å². The molecule has 0 aliphatic carbocycles. The van der Waals surface area contributed by atoms with Crippen LogP contribution in [-0.4, -0.2) is 17.0 Å². The zero-order valence-electron chi connectivity index (χ0n) is 8.83. The first-order chi connectivity index (χ1) is 7.68. The van der Waals surface area contributed by atoms with Gasteiger partial charge in [-0.15, -0.1) is 0 Å². The van der Waals surface area contributed by atoms with Gasteiger partial charge in [-0.05, 0) is 35.0 Å². The number of hydrogen-bond donors (Lipinski definition) is 1. The largest absolute Gasteiger partial charge is 0.349 e. The maximum absolute atomic E-state index is 11.8. The molecule has 82 valence electrons. The molecule has 1 aromatic heterocycles. The molecule has 0 radical (unpaired) electrons. The van der Waals surface area contributed by atoms with Crippen molar-refractivity contribution in [3.05, 3.63) is 34.4 Å². The van der Waals surface area contributed by atoms with Crippen molar-refractivity contribution in [2.75, 3.05) is 6.54 Å². The molecule has 1 aromatic carbocycles. The minimum absolute atomic E-state index is 0.0150. The summed E-state index contributed by atoms with van der Waals surface area (Å²) >= 11 is 3.55. The molecule has 0 unspecified atom stereocenters. The summed E-state index contributed by atoms with van der Waals surface area (Å²) in [5, 5.41) is 4.00. The van der Waals surface area contributed by atoms with E-state index in [0.717, 1.165) is 21.1 Å². The van der Waals surface area contributed by atoms with Crippen LogP contribution >= 0.6 is 15.9 Å². The Hall–Kier alpha value is -1.29. The Bertz CT molecular complexity index is 588. The second-order valence-corrected chi connectivity index (χ2v) is 4.99. The quantitative estimate of drug-likeness (QED) is 0.790. The highest BCUT2D eigenvalue weighted by atomic mass is 79.9. The van der Waals surface area contributed by atoms with Crippen molar-refractivity contribution in [1.82, 2.24) is 9.88 Å². The Kier molecular flexibility index (Phi) is 2.07. The molecular formula is C12H11BrN2O. The lowest BCUT2D eigenvalue weighted by molar-refractivity contribution is 0.0919. The average molecular weight is 279 g/mol. The highest BCUT2D eigenvalue weighted by Gasteiger charge is 2.24. The number of nitrogens with one attached hydrogen (secondary N) is 1. The summed E-state index contributed by atoms with van der Waals surface area (Å²) in [4.78, 5) is 11.8. The van der Waals surface area contributed by atoms with Gasteiger partial charge in [0.05, 0.1) is 5.52 Å². The zero-order chi connectivity index (χ0) is 11.3. The van der Waals surface area contributed by atoms with Crippen LogP contribution in [0.1, 0.15) is 23.5 Å². The number of benzene rings is 1. The second kappa shape index (κ2) is 3.35. The van der Waals surface area contributed by atoms with Crippen molar-refractivity contribution in [3.63, 3.8) is 0 Å². The predicted octanol–water partition coefficient (Wildman–Crippen LogP) is 2.71. The van der Waals surface area contributed by atoms with Crippen LogP contribution in [0.3, 0.4) is 0 Å². The van der Waals surface area contributed by atoms with Crippen LogP contribution in [0.4, 0.5) is 0 Å². The molecule has 0 saturated carbocycles. The third kappa shape index (κ3) is 1.23. The fourth-order valence-electron chi connectivity index (χ4n) is 2.29. The van der Waals surface area contributed by atoms with Crippen molar-refractivity contribution in [1.29, 1.82) is 0 Å². The number of carbonyl (C=O) groups is 1. The molecule has 16 heavy (non-hydrogen) atoms. The molecular weight excluding hydrogens is 268 g/mol. The number of hydrogen-bond acceptors (Lipinski definition) is 1. The van der Waals surface area contributed by atoms with Crippen molar-refractivity contribution in [2.45, 2.75) is 13.0 Å². The first kappa shape index (κ1) is 9.90. The minimum atomic E-state index is 0.0150. The van der Waals surface area contributed by atoms with Gasteiger partial charge >= 0.3 is 0 Å². The minimum Gasteiger partial charge on any atom is -0.349 e. The predicted molar refractivity (Wildman–Crippen MR) is 66.7 cm³/mol. The van der Waals surface area contributed by atoms with Gasteiger partial charge in [0.1, 0.15) is 5.69 Å². The summed E-state index contributed by atoms with van der Waals surface area (Å²) in [6, 6.07) is 8.27. The Labute approximate surface area is 102 Å². The van der Waals surface area contributed by atoms with Crippen LogP contribution in [-0.2, 0) is 0 Å². The number of halogens is 1. The Balaban J connectivity index is 2.43. The highest BCUT2D eigenvalue weighted by molar-refractivity contribution is 9.10. The molecule has 0 fully saturated rings. The van der Waals surface area contributed by atoms with E-state index in [1.165, 1.54) is 0 Å². The van der Waals surface area contributed by atoms with E-state index in [9.17, 15) is 4.79 Å². The monoisotopic (exact) mass is 278 g/mol. The van der Waals surface area contributed by atoms with Gasteiger partial charge in [0.25, 0.3) is 5.91 Å². The van der Waals surface area contributed by atoms with Gasteiger partial charge in [0, 0.05) is 22.4 Å². The van der Waals surface area contributed by atoms with Crippen LogP contribution in [0.25, 0.3) is 10.9 Å². The zero-order valence-corrected chi connectivity index (χ0v) is 10.4. The summed E-state index contributed by atoms with van der Waals surface area (Å²) in [7, 11) is 0. The van der Waals surface area contributed by atoms with Crippen molar-refractivity contribution < 1.29 is 4.79 Å². The molecule has 0 spiro atoms. The number of rotatable bonds is 0.